The van der Waals surface area contributed by atoms with Gasteiger partial charge in [0.15, 0.2) is 0 Å². The van der Waals surface area contributed by atoms with Gasteiger partial charge in [0.25, 0.3) is 0 Å². The van der Waals surface area contributed by atoms with Crippen molar-refractivity contribution >= 4 is 0 Å². The molecule has 0 unspecified atom stereocenters. The van der Waals surface area contributed by atoms with Crippen LogP contribution in [0.4, 0.5) is 0 Å². The third-order valence-electron chi connectivity index (χ3n) is 3.11. The summed E-state index contributed by atoms with van der Waals surface area (Å²) in [4.78, 5) is 4.47. The van der Waals surface area contributed by atoms with Gasteiger partial charge in [-0.3, -0.25) is 0 Å². The van der Waals surface area contributed by atoms with Crippen LogP contribution in [0.3, 0.4) is 0 Å². The van der Waals surface area contributed by atoms with Gasteiger partial charge in [-0.1, -0.05) is 31.2 Å². The highest BCUT2D eigenvalue weighted by molar-refractivity contribution is 5.56. The fourth-order valence-corrected chi connectivity index (χ4v) is 1.98. The zero-order valence-corrected chi connectivity index (χ0v) is 10.5. The van der Waals surface area contributed by atoms with E-state index in [1.807, 2.05) is 13.2 Å². The molecule has 0 aliphatic heterocycles. The zero-order valence-electron chi connectivity index (χ0n) is 10.5. The van der Waals surface area contributed by atoms with Gasteiger partial charge < -0.3 is 10.3 Å². The monoisotopic (exact) mass is 229 g/mol. The topological polar surface area (TPSA) is 43.8 Å². The highest BCUT2D eigenvalue weighted by Crippen LogP contribution is 2.19. The van der Waals surface area contributed by atoms with Crippen molar-refractivity contribution in [1.29, 1.82) is 0 Å². The highest BCUT2D eigenvalue weighted by Gasteiger charge is 2.07. The molecule has 0 amide bonds. The first-order valence-electron chi connectivity index (χ1n) is 6.06. The highest BCUT2D eigenvalue weighted by atomic mass is 15.1. The molecule has 3 nitrogen and oxygen atoms in total. The van der Waals surface area contributed by atoms with Crippen LogP contribution in [0.15, 0.2) is 30.5 Å². The maximum atomic E-state index is 5.57. The van der Waals surface area contributed by atoms with Gasteiger partial charge in [0, 0.05) is 30.9 Å². The van der Waals surface area contributed by atoms with Crippen molar-refractivity contribution < 1.29 is 0 Å². The predicted molar refractivity (Wildman–Crippen MR) is 70.8 cm³/mol. The van der Waals surface area contributed by atoms with E-state index in [0.29, 0.717) is 6.54 Å². The Morgan fingerprint density at radius 3 is 2.53 bits per heavy atom. The summed E-state index contributed by atoms with van der Waals surface area (Å²) in [5.41, 5.74) is 9.27. The summed E-state index contributed by atoms with van der Waals surface area (Å²) < 4.78 is 2.12. The molecule has 2 aromatic rings. The van der Waals surface area contributed by atoms with Gasteiger partial charge in [-0.25, -0.2) is 4.98 Å². The molecule has 0 saturated carbocycles. The molecule has 1 aromatic carbocycles. The minimum Gasteiger partial charge on any atom is -0.331 e. The van der Waals surface area contributed by atoms with E-state index in [4.69, 9.17) is 5.73 Å². The summed E-state index contributed by atoms with van der Waals surface area (Å²) in [6.45, 7) is 2.82. The summed E-state index contributed by atoms with van der Waals surface area (Å²) in [6, 6.07) is 8.58. The molecular weight excluding hydrogens is 210 g/mol. The van der Waals surface area contributed by atoms with Gasteiger partial charge in [0.1, 0.15) is 5.82 Å². The molecule has 3 heteroatoms. The molecule has 1 heterocycles. The van der Waals surface area contributed by atoms with Crippen LogP contribution < -0.4 is 5.73 Å². The predicted octanol–water partition coefficient (Wildman–Crippen LogP) is 2.15. The molecule has 0 radical (unpaired) electrons. The Bertz CT molecular complexity index is 483. The van der Waals surface area contributed by atoms with Gasteiger partial charge in [-0.2, -0.15) is 0 Å². The van der Waals surface area contributed by atoms with Crippen molar-refractivity contribution in [3.8, 4) is 11.4 Å². The van der Waals surface area contributed by atoms with Crippen LogP contribution in [0.2, 0.25) is 0 Å². The van der Waals surface area contributed by atoms with Gasteiger partial charge >= 0.3 is 0 Å². The number of rotatable bonds is 4. The number of aryl methyl sites for hydroxylation is 1. The van der Waals surface area contributed by atoms with Gasteiger partial charge in [-0.15, -0.1) is 0 Å². The lowest BCUT2D eigenvalue weighted by Crippen LogP contribution is -2.07. The first-order valence-corrected chi connectivity index (χ1v) is 6.06. The Morgan fingerprint density at radius 2 is 1.94 bits per heavy atom. The second-order valence-electron chi connectivity index (χ2n) is 4.22. The Balaban J connectivity index is 2.32. The average molecular weight is 229 g/mol. The normalized spacial score (nSPS) is 10.8. The second kappa shape index (κ2) is 5.15. The van der Waals surface area contributed by atoms with E-state index < -0.39 is 0 Å². The Labute approximate surface area is 102 Å². The first kappa shape index (κ1) is 11.9. The number of hydrogen-bond donors (Lipinski definition) is 1. The fraction of sp³-hybridized carbons (Fsp3) is 0.357. The Hall–Kier alpha value is -1.61. The number of benzene rings is 1. The van der Waals surface area contributed by atoms with Crippen LogP contribution in [0.5, 0.6) is 0 Å². The van der Waals surface area contributed by atoms with Crippen LogP contribution in [-0.4, -0.2) is 16.1 Å². The van der Waals surface area contributed by atoms with Crippen molar-refractivity contribution in [2.45, 2.75) is 19.8 Å². The maximum absolute atomic E-state index is 5.57. The zero-order chi connectivity index (χ0) is 12.3. The van der Waals surface area contributed by atoms with Gasteiger partial charge in [-0.05, 0) is 18.5 Å². The fourth-order valence-electron chi connectivity index (χ4n) is 1.98. The first-order chi connectivity index (χ1) is 8.26. The molecule has 0 fully saturated rings. The molecule has 1 aromatic heterocycles. The van der Waals surface area contributed by atoms with Crippen LogP contribution in [0.1, 0.15) is 18.2 Å². The lowest BCUT2D eigenvalue weighted by atomic mass is 10.1. The molecule has 0 aliphatic rings. The van der Waals surface area contributed by atoms with Gasteiger partial charge in [0.05, 0.1) is 0 Å². The third-order valence-corrected chi connectivity index (χ3v) is 3.11. The lowest BCUT2D eigenvalue weighted by Gasteiger charge is -2.06. The van der Waals surface area contributed by atoms with Crippen molar-refractivity contribution in [3.05, 3.63) is 41.7 Å². The summed E-state index contributed by atoms with van der Waals surface area (Å²) in [5, 5.41) is 0. The molecule has 0 aliphatic carbocycles. The van der Waals surface area contributed by atoms with E-state index in [0.717, 1.165) is 24.2 Å². The third kappa shape index (κ3) is 2.39. The van der Waals surface area contributed by atoms with Crippen molar-refractivity contribution in [3.63, 3.8) is 0 Å². The number of imidazole rings is 1. The minimum absolute atomic E-state index is 0.660. The SMILES string of the molecule is CCc1ccc(-c2ncc(CCN)n2C)cc1. The maximum Gasteiger partial charge on any atom is 0.139 e. The van der Waals surface area contributed by atoms with E-state index >= 15 is 0 Å². The number of hydrogen-bond acceptors (Lipinski definition) is 2. The van der Waals surface area contributed by atoms with E-state index in [9.17, 15) is 0 Å². The number of aromatic nitrogens is 2. The standard InChI is InChI=1S/C14H19N3/c1-3-11-4-6-12(7-5-11)14-16-10-13(8-9-15)17(14)2/h4-7,10H,3,8-9,15H2,1-2H3. The molecule has 90 valence electrons. The molecule has 0 spiro atoms. The molecule has 0 saturated heterocycles. The smallest absolute Gasteiger partial charge is 0.139 e. The van der Waals surface area contributed by atoms with E-state index in [-0.39, 0.29) is 0 Å². The summed E-state index contributed by atoms with van der Waals surface area (Å²) in [7, 11) is 2.04. The molecule has 0 bridgehead atoms. The Morgan fingerprint density at radius 1 is 1.24 bits per heavy atom. The van der Waals surface area contributed by atoms with Crippen LogP contribution in [-0.2, 0) is 19.9 Å². The average Bonchev–Trinajstić information content (AvgIpc) is 2.72. The largest absolute Gasteiger partial charge is 0.331 e. The summed E-state index contributed by atoms with van der Waals surface area (Å²) in [6.07, 6.45) is 3.85. The quantitative estimate of drug-likeness (QED) is 0.873. The van der Waals surface area contributed by atoms with Crippen molar-refractivity contribution in [2.24, 2.45) is 12.8 Å². The van der Waals surface area contributed by atoms with Crippen molar-refractivity contribution in [2.75, 3.05) is 6.54 Å². The molecule has 17 heavy (non-hydrogen) atoms. The molecule has 2 rings (SSSR count). The number of nitrogens with zero attached hydrogens (tertiary/aromatic N) is 2. The summed E-state index contributed by atoms with van der Waals surface area (Å²) >= 11 is 0. The van der Waals surface area contributed by atoms with Crippen LogP contribution in [0.25, 0.3) is 11.4 Å². The Kier molecular flexibility index (Phi) is 3.59. The van der Waals surface area contributed by atoms with E-state index in [1.165, 1.54) is 11.3 Å². The molecular formula is C14H19N3. The number of nitrogens with two attached hydrogens (primary N) is 1. The van der Waals surface area contributed by atoms with Gasteiger partial charge in [0.2, 0.25) is 0 Å². The van der Waals surface area contributed by atoms with Crippen LogP contribution >= 0.6 is 0 Å². The van der Waals surface area contributed by atoms with E-state index in [2.05, 4.69) is 40.7 Å². The van der Waals surface area contributed by atoms with Crippen molar-refractivity contribution in [1.82, 2.24) is 9.55 Å². The van der Waals surface area contributed by atoms with Crippen LogP contribution in [0, 0.1) is 0 Å². The second-order valence-corrected chi connectivity index (χ2v) is 4.22. The molecule has 2 N–H and O–H groups in total. The molecule has 0 atom stereocenters. The van der Waals surface area contributed by atoms with E-state index in [1.54, 1.807) is 0 Å². The minimum atomic E-state index is 0.660. The lowest BCUT2D eigenvalue weighted by molar-refractivity contribution is 0.811. The summed E-state index contributed by atoms with van der Waals surface area (Å²) in [5.74, 6) is 1.01.